The number of carbonyl (C=O) groups excluding carboxylic acids is 2. The Bertz CT molecular complexity index is 888. The number of esters is 2. The molecule has 204 valence electrons. The lowest BCUT2D eigenvalue weighted by molar-refractivity contribution is -0.148. The first-order valence-corrected chi connectivity index (χ1v) is 14.2. The smallest absolute Gasteiger partial charge is 0.343 e. The van der Waals surface area contributed by atoms with E-state index in [1.165, 1.54) is 44.9 Å². The molecule has 0 aliphatic heterocycles. The number of rotatable bonds is 19. The van der Waals surface area contributed by atoms with Gasteiger partial charge >= 0.3 is 11.9 Å². The predicted octanol–water partition coefficient (Wildman–Crippen LogP) is 8.48. The van der Waals surface area contributed by atoms with E-state index in [4.69, 9.17) is 14.2 Å². The standard InChI is InChI=1S/C32H46O5/c1-4-6-7-8-9-10-11-12-25-35-29-23-19-28(20-24-29)32(34)37-30-21-17-27(18-22-30)16-13-15-26(3)36-31(33)14-5-2/h17-24,26H,4-16,25H2,1-3H3. The predicted molar refractivity (Wildman–Crippen MR) is 149 cm³/mol. The van der Waals surface area contributed by atoms with E-state index in [2.05, 4.69) is 6.92 Å². The van der Waals surface area contributed by atoms with Gasteiger partial charge in [0.15, 0.2) is 0 Å². The molecule has 2 aromatic carbocycles. The molecule has 0 aromatic heterocycles. The summed E-state index contributed by atoms with van der Waals surface area (Å²) in [5.74, 6) is 0.788. The number of unbranched alkanes of at least 4 members (excludes halogenated alkanes) is 7. The third-order valence-corrected chi connectivity index (χ3v) is 6.35. The van der Waals surface area contributed by atoms with Gasteiger partial charge in [-0.25, -0.2) is 4.79 Å². The van der Waals surface area contributed by atoms with Gasteiger partial charge in [-0.2, -0.15) is 0 Å². The largest absolute Gasteiger partial charge is 0.494 e. The van der Waals surface area contributed by atoms with Gasteiger partial charge in [0.1, 0.15) is 11.5 Å². The monoisotopic (exact) mass is 510 g/mol. The zero-order valence-electron chi connectivity index (χ0n) is 23.1. The first kappa shape index (κ1) is 30.4. The van der Waals surface area contributed by atoms with Crippen molar-refractivity contribution in [3.63, 3.8) is 0 Å². The molecule has 1 atom stereocenters. The van der Waals surface area contributed by atoms with Crippen LogP contribution in [0.15, 0.2) is 48.5 Å². The van der Waals surface area contributed by atoms with Crippen molar-refractivity contribution in [3.05, 3.63) is 59.7 Å². The van der Waals surface area contributed by atoms with E-state index in [1.54, 1.807) is 12.1 Å². The summed E-state index contributed by atoms with van der Waals surface area (Å²) in [6.45, 7) is 6.85. The number of hydrogen-bond acceptors (Lipinski definition) is 5. The van der Waals surface area contributed by atoms with Crippen LogP contribution in [0.5, 0.6) is 11.5 Å². The van der Waals surface area contributed by atoms with Crippen molar-refractivity contribution in [2.24, 2.45) is 0 Å². The maximum absolute atomic E-state index is 12.5. The van der Waals surface area contributed by atoms with Crippen LogP contribution in [0.1, 0.15) is 114 Å². The van der Waals surface area contributed by atoms with Gasteiger partial charge in [-0.15, -0.1) is 0 Å². The third kappa shape index (κ3) is 13.3. The Morgan fingerprint density at radius 1 is 0.730 bits per heavy atom. The molecule has 5 nitrogen and oxygen atoms in total. The second-order valence-corrected chi connectivity index (χ2v) is 9.82. The second-order valence-electron chi connectivity index (χ2n) is 9.82. The quantitative estimate of drug-likeness (QED) is 0.108. The summed E-state index contributed by atoms with van der Waals surface area (Å²) >= 11 is 0. The van der Waals surface area contributed by atoms with Crippen LogP contribution in [0.4, 0.5) is 0 Å². The Balaban J connectivity index is 1.65. The Labute approximate surface area is 223 Å². The van der Waals surface area contributed by atoms with Gasteiger partial charge < -0.3 is 14.2 Å². The fraction of sp³-hybridized carbons (Fsp3) is 0.562. The lowest BCUT2D eigenvalue weighted by Crippen LogP contribution is -2.14. The van der Waals surface area contributed by atoms with E-state index in [0.717, 1.165) is 43.4 Å². The Kier molecular flexibility index (Phi) is 15.1. The van der Waals surface area contributed by atoms with E-state index in [-0.39, 0.29) is 18.0 Å². The molecule has 0 saturated heterocycles. The minimum absolute atomic E-state index is 0.0684. The van der Waals surface area contributed by atoms with Crippen LogP contribution >= 0.6 is 0 Å². The molecule has 1 unspecified atom stereocenters. The molecule has 0 aliphatic carbocycles. The third-order valence-electron chi connectivity index (χ3n) is 6.35. The Morgan fingerprint density at radius 2 is 1.35 bits per heavy atom. The second kappa shape index (κ2) is 18.4. The first-order valence-electron chi connectivity index (χ1n) is 14.2. The van der Waals surface area contributed by atoms with Crippen LogP contribution < -0.4 is 9.47 Å². The fourth-order valence-corrected chi connectivity index (χ4v) is 4.14. The molecular formula is C32H46O5. The van der Waals surface area contributed by atoms with Crippen LogP contribution in [-0.4, -0.2) is 24.6 Å². The highest BCUT2D eigenvalue weighted by molar-refractivity contribution is 5.91. The highest BCUT2D eigenvalue weighted by Crippen LogP contribution is 2.18. The van der Waals surface area contributed by atoms with Crippen molar-refractivity contribution in [1.82, 2.24) is 0 Å². The minimum Gasteiger partial charge on any atom is -0.494 e. The molecule has 37 heavy (non-hydrogen) atoms. The van der Waals surface area contributed by atoms with Crippen molar-refractivity contribution in [3.8, 4) is 11.5 Å². The van der Waals surface area contributed by atoms with Gasteiger partial charge in [0.05, 0.1) is 18.3 Å². The summed E-state index contributed by atoms with van der Waals surface area (Å²) < 4.78 is 16.7. The molecule has 0 bridgehead atoms. The summed E-state index contributed by atoms with van der Waals surface area (Å²) in [4.78, 5) is 24.1. The van der Waals surface area contributed by atoms with E-state index in [9.17, 15) is 9.59 Å². The summed E-state index contributed by atoms with van der Waals surface area (Å²) in [5, 5.41) is 0. The zero-order valence-corrected chi connectivity index (χ0v) is 23.1. The molecule has 0 heterocycles. The number of benzene rings is 2. The van der Waals surface area contributed by atoms with Gasteiger partial charge in [0.25, 0.3) is 0 Å². The molecule has 0 radical (unpaired) electrons. The molecule has 0 spiro atoms. The topological polar surface area (TPSA) is 61.8 Å². The summed E-state index contributed by atoms with van der Waals surface area (Å²) in [7, 11) is 0. The van der Waals surface area contributed by atoms with Crippen LogP contribution in [0.2, 0.25) is 0 Å². The maximum atomic E-state index is 12.5. The van der Waals surface area contributed by atoms with Crippen molar-refractivity contribution < 1.29 is 23.8 Å². The number of carbonyl (C=O) groups is 2. The highest BCUT2D eigenvalue weighted by atomic mass is 16.5. The first-order chi connectivity index (χ1) is 18.0. The van der Waals surface area contributed by atoms with Crippen molar-refractivity contribution in [1.29, 1.82) is 0 Å². The molecule has 0 amide bonds. The molecule has 5 heteroatoms. The molecule has 2 rings (SSSR count). The van der Waals surface area contributed by atoms with Crippen LogP contribution in [0, 0.1) is 0 Å². The van der Waals surface area contributed by atoms with Crippen molar-refractivity contribution in [2.75, 3.05) is 6.61 Å². The Hall–Kier alpha value is -2.82. The van der Waals surface area contributed by atoms with E-state index in [0.29, 0.717) is 24.3 Å². The minimum atomic E-state index is -0.384. The SMILES string of the molecule is CCCCCCCCCCOc1ccc(C(=O)Oc2ccc(CCCC(C)OC(=O)CCC)cc2)cc1. The van der Waals surface area contributed by atoms with Crippen molar-refractivity contribution >= 4 is 11.9 Å². The van der Waals surface area contributed by atoms with Gasteiger partial charge in [0, 0.05) is 6.42 Å². The van der Waals surface area contributed by atoms with Crippen LogP contribution in [0.3, 0.4) is 0 Å². The lowest BCUT2D eigenvalue weighted by atomic mass is 10.1. The van der Waals surface area contributed by atoms with Crippen LogP contribution in [-0.2, 0) is 16.0 Å². The maximum Gasteiger partial charge on any atom is 0.343 e. The average molecular weight is 511 g/mol. The Morgan fingerprint density at radius 3 is 2.00 bits per heavy atom. The summed E-state index contributed by atoms with van der Waals surface area (Å²) in [5.41, 5.74) is 1.65. The van der Waals surface area contributed by atoms with Crippen LogP contribution in [0.25, 0.3) is 0 Å². The molecule has 0 saturated carbocycles. The number of ether oxygens (including phenoxy) is 3. The van der Waals surface area contributed by atoms with Gasteiger partial charge in [0.2, 0.25) is 0 Å². The summed E-state index contributed by atoms with van der Waals surface area (Å²) in [6, 6.07) is 14.7. The van der Waals surface area contributed by atoms with E-state index >= 15 is 0 Å². The lowest BCUT2D eigenvalue weighted by Gasteiger charge is -2.13. The fourth-order valence-electron chi connectivity index (χ4n) is 4.14. The molecule has 2 aromatic rings. The number of aryl methyl sites for hydroxylation is 1. The molecule has 0 N–H and O–H groups in total. The molecular weight excluding hydrogens is 464 g/mol. The van der Waals surface area contributed by atoms with Gasteiger partial charge in [-0.3, -0.25) is 4.79 Å². The zero-order chi connectivity index (χ0) is 26.7. The van der Waals surface area contributed by atoms with Gasteiger partial charge in [-0.05, 0) is 81.0 Å². The molecule has 0 fully saturated rings. The summed E-state index contributed by atoms with van der Waals surface area (Å²) in [6.07, 6.45) is 14.0. The normalized spacial score (nSPS) is 11.6. The number of hydrogen-bond donors (Lipinski definition) is 0. The van der Waals surface area contributed by atoms with E-state index < -0.39 is 0 Å². The highest BCUT2D eigenvalue weighted by Gasteiger charge is 2.10. The van der Waals surface area contributed by atoms with Crippen molar-refractivity contribution in [2.45, 2.75) is 110 Å². The molecule has 0 aliphatic rings. The van der Waals surface area contributed by atoms with E-state index in [1.807, 2.05) is 50.2 Å². The average Bonchev–Trinajstić information content (AvgIpc) is 2.89. The van der Waals surface area contributed by atoms with Gasteiger partial charge in [-0.1, -0.05) is 70.9 Å².